The number of ketones is 1. The molecular formula is C21H21F3N2O5. The Morgan fingerprint density at radius 1 is 1.16 bits per heavy atom. The van der Waals surface area contributed by atoms with Crippen LogP contribution in [0.4, 0.5) is 18.0 Å². The van der Waals surface area contributed by atoms with Crippen LogP contribution in [0, 0.1) is 5.92 Å². The zero-order valence-electron chi connectivity index (χ0n) is 16.7. The summed E-state index contributed by atoms with van der Waals surface area (Å²) in [6.45, 7) is 1.96. The van der Waals surface area contributed by atoms with Crippen LogP contribution in [-0.2, 0) is 0 Å². The summed E-state index contributed by atoms with van der Waals surface area (Å²) in [5.74, 6) is -2.57. The number of carbonyl (C=O) groups excluding carboxylic acids is 2. The molecule has 3 atom stereocenters. The third-order valence-electron chi connectivity index (χ3n) is 4.99. The van der Waals surface area contributed by atoms with E-state index < -0.39 is 35.7 Å². The van der Waals surface area contributed by atoms with Crippen molar-refractivity contribution in [3.63, 3.8) is 0 Å². The third kappa shape index (κ3) is 4.15. The van der Waals surface area contributed by atoms with Crippen LogP contribution in [0.25, 0.3) is 0 Å². The van der Waals surface area contributed by atoms with Gasteiger partial charge in [-0.2, -0.15) is 13.2 Å². The standard InChI is InChI=1S/C21H21F3N2O5/c1-3-31-15-11-13(9-10-14(15)30-2)17-16(18(27)12-7-5-4-6-8-12)20(29,21(22,23)24)26-19(28)25-17/h4-11,16-17,29H,3H2,1-2H3,(H2,25,26,28)/t16-,17-,20-/m0/s1. The molecule has 3 rings (SSSR count). The zero-order chi connectivity index (χ0) is 22.8. The second-order valence-corrected chi connectivity index (χ2v) is 6.89. The summed E-state index contributed by atoms with van der Waals surface area (Å²) < 4.78 is 52.5. The molecule has 2 aromatic rings. The second-order valence-electron chi connectivity index (χ2n) is 6.89. The number of alkyl halides is 3. The van der Waals surface area contributed by atoms with Crippen LogP contribution >= 0.6 is 0 Å². The van der Waals surface area contributed by atoms with Crippen molar-refractivity contribution in [1.29, 1.82) is 0 Å². The second kappa shape index (κ2) is 8.46. The number of carbonyl (C=O) groups is 2. The number of nitrogens with one attached hydrogen (secondary N) is 2. The number of Topliss-reactive ketones (excluding diaryl/α,β-unsaturated/α-hetero) is 1. The van der Waals surface area contributed by atoms with Crippen LogP contribution in [0.2, 0.25) is 0 Å². The van der Waals surface area contributed by atoms with E-state index in [1.54, 1.807) is 13.0 Å². The molecule has 1 heterocycles. The Morgan fingerprint density at radius 2 is 1.84 bits per heavy atom. The predicted octanol–water partition coefficient (Wildman–Crippen LogP) is 3.20. The summed E-state index contributed by atoms with van der Waals surface area (Å²) in [5, 5.41) is 14.4. The van der Waals surface area contributed by atoms with Crippen molar-refractivity contribution < 1.29 is 37.3 Å². The van der Waals surface area contributed by atoms with E-state index in [0.717, 1.165) is 0 Å². The maximum Gasteiger partial charge on any atom is 0.437 e. The van der Waals surface area contributed by atoms with Gasteiger partial charge in [-0.25, -0.2) is 4.79 Å². The monoisotopic (exact) mass is 438 g/mol. The smallest absolute Gasteiger partial charge is 0.437 e. The Morgan fingerprint density at radius 3 is 2.42 bits per heavy atom. The average Bonchev–Trinajstić information content (AvgIpc) is 2.73. The highest BCUT2D eigenvalue weighted by Crippen LogP contribution is 2.45. The van der Waals surface area contributed by atoms with E-state index in [0.29, 0.717) is 5.75 Å². The van der Waals surface area contributed by atoms with Crippen LogP contribution in [0.15, 0.2) is 48.5 Å². The number of amides is 2. The minimum Gasteiger partial charge on any atom is -0.493 e. The molecule has 1 fully saturated rings. The molecule has 10 heteroatoms. The average molecular weight is 438 g/mol. The molecule has 1 aliphatic heterocycles. The van der Waals surface area contributed by atoms with Crippen molar-refractivity contribution in [1.82, 2.24) is 10.6 Å². The van der Waals surface area contributed by atoms with Crippen molar-refractivity contribution in [2.45, 2.75) is 24.9 Å². The van der Waals surface area contributed by atoms with Gasteiger partial charge in [0, 0.05) is 5.56 Å². The van der Waals surface area contributed by atoms with Crippen LogP contribution < -0.4 is 20.1 Å². The first-order valence-corrected chi connectivity index (χ1v) is 9.40. The first-order chi connectivity index (χ1) is 14.6. The summed E-state index contributed by atoms with van der Waals surface area (Å²) in [4.78, 5) is 25.3. The number of methoxy groups -OCH3 is 1. The first kappa shape index (κ1) is 22.4. The van der Waals surface area contributed by atoms with Crippen molar-refractivity contribution in [3.8, 4) is 11.5 Å². The minimum absolute atomic E-state index is 0.0448. The van der Waals surface area contributed by atoms with E-state index in [1.165, 1.54) is 54.9 Å². The van der Waals surface area contributed by atoms with Crippen LogP contribution in [0.5, 0.6) is 11.5 Å². The van der Waals surface area contributed by atoms with Gasteiger partial charge in [0.2, 0.25) is 5.72 Å². The van der Waals surface area contributed by atoms with Gasteiger partial charge < -0.3 is 25.2 Å². The quantitative estimate of drug-likeness (QED) is 0.602. The Kier molecular flexibility index (Phi) is 6.12. The lowest BCUT2D eigenvalue weighted by atomic mass is 9.77. The molecule has 3 N–H and O–H groups in total. The fourth-order valence-electron chi connectivity index (χ4n) is 3.55. The van der Waals surface area contributed by atoms with Gasteiger partial charge in [0.1, 0.15) is 5.92 Å². The maximum absolute atomic E-state index is 13.9. The number of hydrogen-bond donors (Lipinski definition) is 3. The fraction of sp³-hybridized carbons (Fsp3) is 0.333. The van der Waals surface area contributed by atoms with Crippen LogP contribution in [-0.4, -0.2) is 42.5 Å². The van der Waals surface area contributed by atoms with Gasteiger partial charge in [0.15, 0.2) is 17.3 Å². The van der Waals surface area contributed by atoms with Crippen molar-refractivity contribution in [3.05, 3.63) is 59.7 Å². The normalized spacial score (nSPS) is 23.5. The van der Waals surface area contributed by atoms with E-state index in [1.807, 2.05) is 0 Å². The van der Waals surface area contributed by atoms with E-state index in [2.05, 4.69) is 5.32 Å². The molecule has 0 unspecified atom stereocenters. The van der Waals surface area contributed by atoms with Gasteiger partial charge >= 0.3 is 12.2 Å². The lowest BCUT2D eigenvalue weighted by molar-refractivity contribution is -0.287. The number of aliphatic hydroxyl groups is 1. The number of benzene rings is 2. The number of halogens is 3. The van der Waals surface area contributed by atoms with Crippen LogP contribution in [0.3, 0.4) is 0 Å². The lowest BCUT2D eigenvalue weighted by Crippen LogP contribution is -2.72. The molecule has 0 radical (unpaired) electrons. The van der Waals surface area contributed by atoms with E-state index >= 15 is 0 Å². The molecular weight excluding hydrogens is 417 g/mol. The highest BCUT2D eigenvalue weighted by atomic mass is 19.4. The highest BCUT2D eigenvalue weighted by Gasteiger charge is 2.66. The molecule has 0 bridgehead atoms. The SMILES string of the molecule is CCOc1cc([C@@H]2NC(=O)N[C@@](O)(C(F)(F)F)[C@@H]2C(=O)c2ccccc2)ccc1OC. The Labute approximate surface area is 176 Å². The molecule has 166 valence electrons. The van der Waals surface area contributed by atoms with Crippen molar-refractivity contribution in [2.24, 2.45) is 5.92 Å². The number of urea groups is 1. The molecule has 0 aromatic heterocycles. The topological polar surface area (TPSA) is 96.9 Å². The Hall–Kier alpha value is -3.27. The summed E-state index contributed by atoms with van der Waals surface area (Å²) in [6.07, 6.45) is -5.33. The molecule has 7 nitrogen and oxygen atoms in total. The van der Waals surface area contributed by atoms with E-state index in [4.69, 9.17) is 9.47 Å². The third-order valence-corrected chi connectivity index (χ3v) is 4.99. The lowest BCUT2D eigenvalue weighted by Gasteiger charge is -2.45. The highest BCUT2D eigenvalue weighted by molar-refractivity contribution is 6.00. The maximum atomic E-state index is 13.9. The summed E-state index contributed by atoms with van der Waals surface area (Å²) in [7, 11) is 1.40. The molecule has 1 saturated heterocycles. The molecule has 2 amide bonds. The van der Waals surface area contributed by atoms with Gasteiger partial charge in [-0.1, -0.05) is 36.4 Å². The number of ether oxygens (including phenoxy) is 2. The summed E-state index contributed by atoms with van der Waals surface area (Å²) in [5.41, 5.74) is -3.70. The molecule has 0 aliphatic carbocycles. The largest absolute Gasteiger partial charge is 0.493 e. The summed E-state index contributed by atoms with van der Waals surface area (Å²) in [6, 6.07) is 8.72. The molecule has 0 spiro atoms. The number of rotatable bonds is 6. The Balaban J connectivity index is 2.17. The Bertz CT molecular complexity index is 967. The van der Waals surface area contributed by atoms with Gasteiger partial charge in [-0.3, -0.25) is 4.79 Å². The molecule has 1 aliphatic rings. The summed E-state index contributed by atoms with van der Waals surface area (Å²) >= 11 is 0. The molecule has 31 heavy (non-hydrogen) atoms. The van der Waals surface area contributed by atoms with Gasteiger partial charge in [0.05, 0.1) is 19.8 Å². The fourth-order valence-corrected chi connectivity index (χ4v) is 3.55. The number of hydrogen-bond acceptors (Lipinski definition) is 5. The molecule has 0 saturated carbocycles. The van der Waals surface area contributed by atoms with Crippen molar-refractivity contribution in [2.75, 3.05) is 13.7 Å². The van der Waals surface area contributed by atoms with Crippen LogP contribution in [0.1, 0.15) is 28.9 Å². The zero-order valence-corrected chi connectivity index (χ0v) is 16.7. The van der Waals surface area contributed by atoms with E-state index in [9.17, 15) is 27.9 Å². The molecule has 2 aromatic carbocycles. The van der Waals surface area contributed by atoms with E-state index in [-0.39, 0.29) is 23.5 Å². The van der Waals surface area contributed by atoms with Gasteiger partial charge in [-0.05, 0) is 24.6 Å². The predicted molar refractivity (Wildman–Crippen MR) is 104 cm³/mol. The first-order valence-electron chi connectivity index (χ1n) is 9.40. The van der Waals surface area contributed by atoms with Gasteiger partial charge in [0.25, 0.3) is 0 Å². The minimum atomic E-state index is -5.33. The van der Waals surface area contributed by atoms with Gasteiger partial charge in [-0.15, -0.1) is 0 Å². The van der Waals surface area contributed by atoms with Crippen molar-refractivity contribution >= 4 is 11.8 Å².